The SMILES string of the molecule is CN(C)c1ccc(C=NNC(=O)c2ccn(Cc3ccc(Cl)cc3)n2)cc1. The lowest BCUT2D eigenvalue weighted by atomic mass is 10.2. The number of amides is 1. The van der Waals surface area contributed by atoms with Crippen molar-refractivity contribution in [3.05, 3.63) is 82.6 Å². The van der Waals surface area contributed by atoms with Gasteiger partial charge in [-0.3, -0.25) is 9.48 Å². The van der Waals surface area contributed by atoms with Gasteiger partial charge in [0.25, 0.3) is 5.91 Å². The van der Waals surface area contributed by atoms with E-state index in [4.69, 9.17) is 11.6 Å². The standard InChI is InChI=1S/C20H20ClN5O/c1-25(2)18-9-5-15(6-10-18)13-22-23-20(27)19-11-12-26(24-19)14-16-3-7-17(21)8-4-16/h3-13H,14H2,1-2H3,(H,23,27). The van der Waals surface area contributed by atoms with Crippen molar-refractivity contribution in [3.8, 4) is 0 Å². The second-order valence-corrected chi connectivity index (χ2v) is 6.65. The summed E-state index contributed by atoms with van der Waals surface area (Å²) in [4.78, 5) is 14.2. The molecule has 0 fully saturated rings. The number of hydrogen-bond acceptors (Lipinski definition) is 4. The fourth-order valence-electron chi connectivity index (χ4n) is 2.43. The summed E-state index contributed by atoms with van der Waals surface area (Å²) < 4.78 is 1.70. The highest BCUT2D eigenvalue weighted by Gasteiger charge is 2.08. The molecule has 0 saturated heterocycles. The van der Waals surface area contributed by atoms with Crippen molar-refractivity contribution in [1.82, 2.24) is 15.2 Å². The van der Waals surface area contributed by atoms with Crippen molar-refractivity contribution >= 4 is 29.4 Å². The van der Waals surface area contributed by atoms with Crippen LogP contribution in [0.2, 0.25) is 5.02 Å². The minimum absolute atomic E-state index is 0.309. The third-order valence-corrected chi connectivity index (χ3v) is 4.17. The maximum Gasteiger partial charge on any atom is 0.291 e. The number of anilines is 1. The van der Waals surface area contributed by atoms with Crippen LogP contribution in [0.4, 0.5) is 5.69 Å². The smallest absolute Gasteiger partial charge is 0.291 e. The van der Waals surface area contributed by atoms with Gasteiger partial charge < -0.3 is 4.90 Å². The van der Waals surface area contributed by atoms with E-state index in [0.29, 0.717) is 17.3 Å². The van der Waals surface area contributed by atoms with E-state index in [-0.39, 0.29) is 5.91 Å². The van der Waals surface area contributed by atoms with Gasteiger partial charge in [-0.05, 0) is 41.5 Å². The Morgan fingerprint density at radius 2 is 1.85 bits per heavy atom. The molecule has 6 nitrogen and oxygen atoms in total. The van der Waals surface area contributed by atoms with Crippen molar-refractivity contribution in [1.29, 1.82) is 0 Å². The number of rotatable bonds is 6. The van der Waals surface area contributed by atoms with Crippen molar-refractivity contribution < 1.29 is 4.79 Å². The van der Waals surface area contributed by atoms with Crippen LogP contribution in [0.25, 0.3) is 0 Å². The molecule has 1 heterocycles. The highest BCUT2D eigenvalue weighted by molar-refractivity contribution is 6.30. The molecule has 2 aromatic carbocycles. The Labute approximate surface area is 163 Å². The monoisotopic (exact) mass is 381 g/mol. The zero-order valence-electron chi connectivity index (χ0n) is 15.1. The lowest BCUT2D eigenvalue weighted by Crippen LogP contribution is -2.18. The Morgan fingerprint density at radius 3 is 2.52 bits per heavy atom. The Morgan fingerprint density at radius 1 is 1.15 bits per heavy atom. The van der Waals surface area contributed by atoms with Gasteiger partial charge in [-0.15, -0.1) is 0 Å². The van der Waals surface area contributed by atoms with E-state index in [0.717, 1.165) is 16.8 Å². The van der Waals surface area contributed by atoms with Gasteiger partial charge in [-0.25, -0.2) is 5.43 Å². The van der Waals surface area contributed by atoms with E-state index < -0.39 is 0 Å². The minimum Gasteiger partial charge on any atom is -0.378 e. The zero-order chi connectivity index (χ0) is 19.2. The average Bonchev–Trinajstić information content (AvgIpc) is 3.12. The van der Waals surface area contributed by atoms with E-state index in [1.807, 2.05) is 67.5 Å². The molecular formula is C20H20ClN5O. The normalized spacial score (nSPS) is 10.9. The van der Waals surface area contributed by atoms with Crippen LogP contribution >= 0.6 is 11.6 Å². The largest absolute Gasteiger partial charge is 0.378 e. The molecule has 0 unspecified atom stereocenters. The van der Waals surface area contributed by atoms with Gasteiger partial charge in [0.1, 0.15) is 0 Å². The van der Waals surface area contributed by atoms with Crippen LogP contribution in [0.3, 0.4) is 0 Å². The lowest BCUT2D eigenvalue weighted by Gasteiger charge is -2.11. The molecule has 0 atom stereocenters. The van der Waals surface area contributed by atoms with Crippen LogP contribution in [0.5, 0.6) is 0 Å². The quantitative estimate of drug-likeness (QED) is 0.525. The number of aromatic nitrogens is 2. The first kappa shape index (κ1) is 18.7. The third-order valence-electron chi connectivity index (χ3n) is 3.92. The van der Waals surface area contributed by atoms with Crippen LogP contribution in [-0.2, 0) is 6.54 Å². The molecule has 3 aromatic rings. The topological polar surface area (TPSA) is 62.5 Å². The van der Waals surface area contributed by atoms with E-state index in [1.165, 1.54) is 0 Å². The number of benzene rings is 2. The Balaban J connectivity index is 1.56. The molecule has 3 rings (SSSR count). The van der Waals surface area contributed by atoms with E-state index in [2.05, 4.69) is 15.6 Å². The van der Waals surface area contributed by atoms with Gasteiger partial charge in [-0.1, -0.05) is 35.9 Å². The molecule has 0 aliphatic rings. The van der Waals surface area contributed by atoms with Gasteiger partial charge in [0.15, 0.2) is 5.69 Å². The predicted octanol–water partition coefficient (Wildman–Crippen LogP) is 3.41. The second-order valence-electron chi connectivity index (χ2n) is 6.21. The Hall–Kier alpha value is -3.12. The van der Waals surface area contributed by atoms with Crippen molar-refractivity contribution in [2.24, 2.45) is 5.10 Å². The fraction of sp³-hybridized carbons (Fsp3) is 0.150. The van der Waals surface area contributed by atoms with Gasteiger partial charge in [-0.2, -0.15) is 10.2 Å². The molecule has 0 spiro atoms. The highest BCUT2D eigenvalue weighted by atomic mass is 35.5. The molecule has 0 aliphatic heterocycles. The van der Waals surface area contributed by atoms with Crippen LogP contribution in [0.1, 0.15) is 21.6 Å². The highest BCUT2D eigenvalue weighted by Crippen LogP contribution is 2.11. The number of hydrazone groups is 1. The molecule has 1 N–H and O–H groups in total. The van der Waals surface area contributed by atoms with Crippen LogP contribution in [0, 0.1) is 0 Å². The second kappa shape index (κ2) is 8.51. The third kappa shape index (κ3) is 5.18. The summed E-state index contributed by atoms with van der Waals surface area (Å²) in [5.74, 6) is -0.356. The summed E-state index contributed by atoms with van der Waals surface area (Å²) >= 11 is 5.88. The number of halogens is 1. The minimum atomic E-state index is -0.356. The van der Waals surface area contributed by atoms with E-state index >= 15 is 0 Å². The van der Waals surface area contributed by atoms with Crippen LogP contribution in [0.15, 0.2) is 65.9 Å². The Bertz CT molecular complexity index is 930. The number of carbonyl (C=O) groups is 1. The van der Waals surface area contributed by atoms with Crippen LogP contribution < -0.4 is 10.3 Å². The maximum absolute atomic E-state index is 12.2. The van der Waals surface area contributed by atoms with Gasteiger partial charge in [0.2, 0.25) is 0 Å². The van der Waals surface area contributed by atoms with Crippen molar-refractivity contribution in [2.45, 2.75) is 6.54 Å². The fourth-order valence-corrected chi connectivity index (χ4v) is 2.55. The summed E-state index contributed by atoms with van der Waals surface area (Å²) in [5.41, 5.74) is 5.85. The molecule has 0 saturated carbocycles. The first-order valence-corrected chi connectivity index (χ1v) is 8.78. The molecule has 0 bridgehead atoms. The van der Waals surface area contributed by atoms with Crippen LogP contribution in [-0.4, -0.2) is 36.0 Å². The molecule has 7 heteroatoms. The maximum atomic E-state index is 12.2. The van der Waals surface area contributed by atoms with E-state index in [9.17, 15) is 4.79 Å². The van der Waals surface area contributed by atoms with Crippen molar-refractivity contribution in [3.63, 3.8) is 0 Å². The molecule has 138 valence electrons. The zero-order valence-corrected chi connectivity index (χ0v) is 15.9. The van der Waals surface area contributed by atoms with Gasteiger partial charge in [0.05, 0.1) is 12.8 Å². The molecule has 0 radical (unpaired) electrons. The Kier molecular flexibility index (Phi) is 5.88. The van der Waals surface area contributed by atoms with Gasteiger partial charge in [0, 0.05) is 31.0 Å². The molecular weight excluding hydrogens is 362 g/mol. The summed E-state index contributed by atoms with van der Waals surface area (Å²) in [6.07, 6.45) is 3.36. The first-order chi connectivity index (χ1) is 13.0. The number of carbonyl (C=O) groups excluding carboxylic acids is 1. The van der Waals surface area contributed by atoms with Crippen molar-refractivity contribution in [2.75, 3.05) is 19.0 Å². The number of hydrogen-bond donors (Lipinski definition) is 1. The summed E-state index contributed by atoms with van der Waals surface area (Å²) in [5, 5.41) is 8.96. The van der Waals surface area contributed by atoms with Gasteiger partial charge >= 0.3 is 0 Å². The lowest BCUT2D eigenvalue weighted by molar-refractivity contribution is 0.0949. The summed E-state index contributed by atoms with van der Waals surface area (Å²) in [7, 11) is 3.96. The predicted molar refractivity (Wildman–Crippen MR) is 109 cm³/mol. The molecule has 0 aliphatic carbocycles. The summed E-state index contributed by atoms with van der Waals surface area (Å²) in [6.45, 7) is 0.561. The molecule has 1 aromatic heterocycles. The number of nitrogens with one attached hydrogen (secondary N) is 1. The average molecular weight is 382 g/mol. The molecule has 27 heavy (non-hydrogen) atoms. The number of nitrogens with zero attached hydrogens (tertiary/aromatic N) is 4. The van der Waals surface area contributed by atoms with E-state index in [1.54, 1.807) is 23.2 Å². The molecule has 1 amide bonds. The first-order valence-electron chi connectivity index (χ1n) is 8.40. The summed E-state index contributed by atoms with van der Waals surface area (Å²) in [6, 6.07) is 17.0.